The van der Waals surface area contributed by atoms with E-state index in [1.807, 2.05) is 6.92 Å². The summed E-state index contributed by atoms with van der Waals surface area (Å²) in [6, 6.07) is 0. The number of unbranched alkanes of at least 4 members (excludes halogenated alkanes) is 19. The van der Waals surface area contributed by atoms with Crippen molar-refractivity contribution in [2.75, 3.05) is 0 Å². The van der Waals surface area contributed by atoms with Gasteiger partial charge in [-0.15, -0.1) is 0 Å². The Kier molecular flexibility index (Phi) is 27.2. The van der Waals surface area contributed by atoms with E-state index >= 15 is 0 Å². The smallest absolute Gasteiger partial charge is 0.306 e. The highest BCUT2D eigenvalue weighted by Crippen LogP contribution is 2.14. The van der Waals surface area contributed by atoms with Crippen molar-refractivity contribution < 1.29 is 19.4 Å². The third-order valence-corrected chi connectivity index (χ3v) is 6.98. The van der Waals surface area contributed by atoms with Gasteiger partial charge in [0.1, 0.15) is 0 Å². The first-order valence-electron chi connectivity index (χ1n) is 15.6. The Morgan fingerprint density at radius 2 is 1.03 bits per heavy atom. The van der Waals surface area contributed by atoms with E-state index < -0.39 is 5.97 Å². The summed E-state index contributed by atoms with van der Waals surface area (Å²) in [6.45, 7) is 4.29. The molecule has 0 aromatic heterocycles. The molecule has 1 unspecified atom stereocenters. The van der Waals surface area contributed by atoms with Crippen molar-refractivity contribution in [3.05, 3.63) is 12.2 Å². The zero-order chi connectivity index (χ0) is 26.5. The van der Waals surface area contributed by atoms with E-state index in [1.165, 1.54) is 103 Å². The number of carbonyl (C=O) groups excluding carboxylic acids is 1. The second-order valence-corrected chi connectivity index (χ2v) is 10.7. The standard InChI is InChI=1S/C32H60O4/c1-3-4-5-6-7-8-9-10-11-12-13-17-20-23-26-29-32(35)36-30(2)27-24-21-18-15-14-16-19-22-25-28-31(33)34/h10-11,30H,3-9,12-29H2,1-2H3,(H,33,34)/b11-10-. The molecule has 0 fully saturated rings. The van der Waals surface area contributed by atoms with Crippen LogP contribution in [0, 0.1) is 0 Å². The maximum absolute atomic E-state index is 12.0. The second kappa shape index (κ2) is 28.3. The average Bonchev–Trinajstić information content (AvgIpc) is 2.84. The van der Waals surface area contributed by atoms with Crippen LogP contribution in [0.4, 0.5) is 0 Å². The van der Waals surface area contributed by atoms with Gasteiger partial charge in [-0.3, -0.25) is 9.59 Å². The lowest BCUT2D eigenvalue weighted by atomic mass is 10.0. The lowest BCUT2D eigenvalue weighted by Gasteiger charge is -2.13. The first kappa shape index (κ1) is 34.7. The van der Waals surface area contributed by atoms with Gasteiger partial charge in [-0.1, -0.05) is 115 Å². The van der Waals surface area contributed by atoms with E-state index in [4.69, 9.17) is 9.84 Å². The van der Waals surface area contributed by atoms with Crippen LogP contribution in [-0.2, 0) is 14.3 Å². The number of allylic oxidation sites excluding steroid dienone is 2. The SMILES string of the molecule is CCCCCCCC/C=C\CCCCCCCC(=O)OC(C)CCCCCCCCCCCC(=O)O. The van der Waals surface area contributed by atoms with Crippen molar-refractivity contribution >= 4 is 11.9 Å². The molecule has 0 heterocycles. The minimum Gasteiger partial charge on any atom is -0.481 e. The Balaban J connectivity index is 3.35. The predicted molar refractivity (Wildman–Crippen MR) is 153 cm³/mol. The third kappa shape index (κ3) is 28.9. The summed E-state index contributed by atoms with van der Waals surface area (Å²) in [5, 5.41) is 8.62. The van der Waals surface area contributed by atoms with Gasteiger partial charge in [0.15, 0.2) is 0 Å². The van der Waals surface area contributed by atoms with Crippen molar-refractivity contribution in [3.63, 3.8) is 0 Å². The highest BCUT2D eigenvalue weighted by Gasteiger charge is 2.09. The largest absolute Gasteiger partial charge is 0.481 e. The van der Waals surface area contributed by atoms with Crippen LogP contribution in [0.25, 0.3) is 0 Å². The van der Waals surface area contributed by atoms with Gasteiger partial charge in [-0.05, 0) is 58.3 Å². The minimum absolute atomic E-state index is 0.0250. The first-order valence-corrected chi connectivity index (χ1v) is 15.6. The molecule has 4 nitrogen and oxygen atoms in total. The van der Waals surface area contributed by atoms with Crippen molar-refractivity contribution in [2.24, 2.45) is 0 Å². The van der Waals surface area contributed by atoms with Gasteiger partial charge in [-0.2, -0.15) is 0 Å². The van der Waals surface area contributed by atoms with Crippen LogP contribution in [0.15, 0.2) is 12.2 Å². The Morgan fingerprint density at radius 1 is 0.611 bits per heavy atom. The Labute approximate surface area is 224 Å². The van der Waals surface area contributed by atoms with Crippen molar-refractivity contribution in [1.29, 1.82) is 0 Å². The van der Waals surface area contributed by atoms with Crippen LogP contribution >= 0.6 is 0 Å². The molecule has 0 aromatic rings. The zero-order valence-electron chi connectivity index (χ0n) is 24.1. The Morgan fingerprint density at radius 3 is 1.53 bits per heavy atom. The molecule has 212 valence electrons. The topological polar surface area (TPSA) is 63.6 Å². The van der Waals surface area contributed by atoms with Crippen LogP contribution in [0.3, 0.4) is 0 Å². The highest BCUT2D eigenvalue weighted by atomic mass is 16.5. The summed E-state index contributed by atoms with van der Waals surface area (Å²) in [5.41, 5.74) is 0. The quantitative estimate of drug-likeness (QED) is 0.0648. The molecule has 0 aromatic carbocycles. The summed E-state index contributed by atoms with van der Waals surface area (Å²) in [7, 11) is 0. The van der Waals surface area contributed by atoms with Crippen molar-refractivity contribution in [3.8, 4) is 0 Å². The summed E-state index contributed by atoms with van der Waals surface area (Å²) in [4.78, 5) is 22.5. The summed E-state index contributed by atoms with van der Waals surface area (Å²) in [5.74, 6) is -0.707. The van der Waals surface area contributed by atoms with Crippen LogP contribution in [0.5, 0.6) is 0 Å². The molecule has 0 spiro atoms. The number of esters is 1. The maximum Gasteiger partial charge on any atom is 0.306 e. The van der Waals surface area contributed by atoms with E-state index in [9.17, 15) is 9.59 Å². The van der Waals surface area contributed by atoms with Gasteiger partial charge in [0, 0.05) is 12.8 Å². The normalized spacial score (nSPS) is 12.3. The van der Waals surface area contributed by atoms with E-state index in [0.717, 1.165) is 44.9 Å². The number of carbonyl (C=O) groups is 2. The number of ether oxygens (including phenoxy) is 1. The van der Waals surface area contributed by atoms with Gasteiger partial charge < -0.3 is 9.84 Å². The molecule has 0 saturated heterocycles. The zero-order valence-corrected chi connectivity index (χ0v) is 24.1. The first-order chi connectivity index (χ1) is 17.6. The summed E-state index contributed by atoms with van der Waals surface area (Å²) < 4.78 is 5.58. The molecule has 1 N–H and O–H groups in total. The van der Waals surface area contributed by atoms with Crippen LogP contribution in [0.2, 0.25) is 0 Å². The molecule has 0 aliphatic carbocycles. The van der Waals surface area contributed by atoms with Gasteiger partial charge in [0.2, 0.25) is 0 Å². The second-order valence-electron chi connectivity index (χ2n) is 10.7. The number of aliphatic carboxylic acids is 1. The maximum atomic E-state index is 12.0. The predicted octanol–water partition coefficient (Wildman–Crippen LogP) is 10.3. The van der Waals surface area contributed by atoms with Gasteiger partial charge in [0.25, 0.3) is 0 Å². The number of hydrogen-bond donors (Lipinski definition) is 1. The molecular weight excluding hydrogens is 448 g/mol. The van der Waals surface area contributed by atoms with Crippen molar-refractivity contribution in [2.45, 2.75) is 180 Å². The average molecular weight is 509 g/mol. The Hall–Kier alpha value is -1.32. The molecule has 0 amide bonds. The number of carboxylic acid groups (broad SMARTS) is 1. The minimum atomic E-state index is -0.682. The number of rotatable bonds is 28. The summed E-state index contributed by atoms with van der Waals surface area (Å²) >= 11 is 0. The number of hydrogen-bond acceptors (Lipinski definition) is 3. The molecular formula is C32H60O4. The lowest BCUT2D eigenvalue weighted by molar-refractivity contribution is -0.148. The van der Waals surface area contributed by atoms with Crippen LogP contribution in [-0.4, -0.2) is 23.1 Å². The van der Waals surface area contributed by atoms with E-state index in [2.05, 4.69) is 19.1 Å². The molecule has 0 aliphatic heterocycles. The fourth-order valence-corrected chi connectivity index (χ4v) is 4.63. The van der Waals surface area contributed by atoms with Crippen LogP contribution < -0.4 is 0 Å². The van der Waals surface area contributed by atoms with E-state index in [1.54, 1.807) is 0 Å². The molecule has 0 bridgehead atoms. The molecule has 1 atom stereocenters. The molecule has 0 radical (unpaired) electrons. The van der Waals surface area contributed by atoms with Gasteiger partial charge in [0.05, 0.1) is 6.10 Å². The van der Waals surface area contributed by atoms with Crippen LogP contribution in [0.1, 0.15) is 174 Å². The molecule has 36 heavy (non-hydrogen) atoms. The molecule has 0 saturated carbocycles. The molecule has 0 rings (SSSR count). The van der Waals surface area contributed by atoms with E-state index in [0.29, 0.717) is 12.8 Å². The monoisotopic (exact) mass is 508 g/mol. The summed E-state index contributed by atoms with van der Waals surface area (Å²) in [6.07, 6.45) is 33.4. The molecule has 4 heteroatoms. The fourth-order valence-electron chi connectivity index (χ4n) is 4.63. The lowest BCUT2D eigenvalue weighted by Crippen LogP contribution is -2.14. The highest BCUT2D eigenvalue weighted by molar-refractivity contribution is 5.69. The Bertz CT molecular complexity index is 514. The van der Waals surface area contributed by atoms with E-state index in [-0.39, 0.29) is 12.1 Å². The third-order valence-electron chi connectivity index (χ3n) is 6.98. The fraction of sp³-hybridized carbons (Fsp3) is 0.875. The number of carboxylic acids is 1. The van der Waals surface area contributed by atoms with Crippen molar-refractivity contribution in [1.82, 2.24) is 0 Å². The van der Waals surface area contributed by atoms with Gasteiger partial charge >= 0.3 is 11.9 Å². The molecule has 0 aliphatic rings. The van der Waals surface area contributed by atoms with Gasteiger partial charge in [-0.25, -0.2) is 0 Å².